The molecular weight excluding hydrogens is 380 g/mol. The van der Waals surface area contributed by atoms with E-state index in [0.29, 0.717) is 5.92 Å². The summed E-state index contributed by atoms with van der Waals surface area (Å²) in [6, 6.07) is 4.43. The third-order valence-electron chi connectivity index (χ3n) is 5.75. The zero-order chi connectivity index (χ0) is 20.9. The minimum absolute atomic E-state index is 0.496. The van der Waals surface area contributed by atoms with Crippen molar-refractivity contribution in [2.75, 3.05) is 0 Å². The average Bonchev–Trinajstić information content (AvgIpc) is 3.30. The van der Waals surface area contributed by atoms with Crippen LogP contribution in [0.25, 0.3) is 26.7 Å². The van der Waals surface area contributed by atoms with Gasteiger partial charge in [0, 0.05) is 10.4 Å². The van der Waals surface area contributed by atoms with Crippen LogP contribution in [-0.2, 0) is 0 Å². The summed E-state index contributed by atoms with van der Waals surface area (Å²) < 4.78 is 7.46. The SMILES string of the molecule is CCC(CC)c1cc(C)nn2c(-c3sc(-c4c(C)noc4C)cc3C)c(C)nc12. The number of hydrogen-bond donors (Lipinski definition) is 0. The highest BCUT2D eigenvalue weighted by atomic mass is 32.1. The van der Waals surface area contributed by atoms with Crippen LogP contribution in [0.15, 0.2) is 16.7 Å². The fourth-order valence-corrected chi connectivity index (χ4v) is 5.64. The van der Waals surface area contributed by atoms with E-state index in [4.69, 9.17) is 14.6 Å². The van der Waals surface area contributed by atoms with E-state index in [2.05, 4.69) is 56.4 Å². The summed E-state index contributed by atoms with van der Waals surface area (Å²) in [5.74, 6) is 1.35. The van der Waals surface area contributed by atoms with E-state index >= 15 is 0 Å². The van der Waals surface area contributed by atoms with Crippen molar-refractivity contribution >= 4 is 17.0 Å². The van der Waals surface area contributed by atoms with Crippen molar-refractivity contribution in [1.82, 2.24) is 19.8 Å². The first-order valence-corrected chi connectivity index (χ1v) is 11.1. The van der Waals surface area contributed by atoms with Crippen LogP contribution < -0.4 is 0 Å². The molecule has 0 aliphatic carbocycles. The molecule has 0 aliphatic heterocycles. The fraction of sp³-hybridized carbons (Fsp3) is 0.435. The Morgan fingerprint density at radius 1 is 1.03 bits per heavy atom. The van der Waals surface area contributed by atoms with Crippen molar-refractivity contribution in [3.8, 4) is 21.0 Å². The summed E-state index contributed by atoms with van der Waals surface area (Å²) >= 11 is 1.76. The number of aromatic nitrogens is 4. The van der Waals surface area contributed by atoms with Crippen LogP contribution in [0.2, 0.25) is 0 Å². The molecule has 0 amide bonds. The molecule has 0 bridgehead atoms. The van der Waals surface area contributed by atoms with Gasteiger partial charge in [-0.15, -0.1) is 11.3 Å². The molecule has 0 aliphatic rings. The number of hydrogen-bond acceptors (Lipinski definition) is 5. The van der Waals surface area contributed by atoms with Crippen LogP contribution in [-0.4, -0.2) is 19.8 Å². The lowest BCUT2D eigenvalue weighted by Crippen LogP contribution is -2.05. The second-order valence-corrected chi connectivity index (χ2v) is 8.91. The van der Waals surface area contributed by atoms with Crippen LogP contribution in [0.4, 0.5) is 0 Å². The molecule has 0 atom stereocenters. The molecule has 0 fully saturated rings. The van der Waals surface area contributed by atoms with E-state index in [9.17, 15) is 0 Å². The van der Waals surface area contributed by atoms with E-state index < -0.39 is 0 Å². The highest BCUT2D eigenvalue weighted by Gasteiger charge is 2.23. The average molecular weight is 409 g/mol. The molecular formula is C23H28N4OS. The first kappa shape index (κ1) is 19.8. The predicted molar refractivity (Wildman–Crippen MR) is 119 cm³/mol. The Morgan fingerprint density at radius 2 is 1.76 bits per heavy atom. The largest absolute Gasteiger partial charge is 0.361 e. The van der Waals surface area contributed by atoms with Crippen molar-refractivity contribution in [2.45, 2.75) is 67.2 Å². The number of fused-ring (bicyclic) bond motifs is 1. The number of imidazole rings is 1. The van der Waals surface area contributed by atoms with Gasteiger partial charge in [0.1, 0.15) is 11.5 Å². The van der Waals surface area contributed by atoms with Gasteiger partial charge in [-0.1, -0.05) is 19.0 Å². The van der Waals surface area contributed by atoms with Gasteiger partial charge < -0.3 is 4.52 Å². The summed E-state index contributed by atoms with van der Waals surface area (Å²) in [6.45, 7) is 14.8. The fourth-order valence-electron chi connectivity index (χ4n) is 4.24. The molecule has 4 rings (SSSR count). The van der Waals surface area contributed by atoms with E-state index in [1.165, 1.54) is 20.9 Å². The number of thiophene rings is 1. The number of rotatable bonds is 5. The normalized spacial score (nSPS) is 11.9. The quantitative estimate of drug-likeness (QED) is 0.375. The Morgan fingerprint density at radius 3 is 2.38 bits per heavy atom. The van der Waals surface area contributed by atoms with Gasteiger partial charge in [0.05, 0.1) is 27.5 Å². The van der Waals surface area contributed by atoms with E-state index in [1.807, 2.05) is 13.8 Å². The molecule has 0 aromatic carbocycles. The molecule has 0 saturated carbocycles. The van der Waals surface area contributed by atoms with Gasteiger partial charge in [-0.2, -0.15) is 5.10 Å². The summed E-state index contributed by atoms with van der Waals surface area (Å²) in [6.07, 6.45) is 2.20. The minimum Gasteiger partial charge on any atom is -0.361 e. The van der Waals surface area contributed by atoms with Crippen LogP contribution in [0, 0.1) is 34.6 Å². The smallest absolute Gasteiger partial charge is 0.158 e. The lowest BCUT2D eigenvalue weighted by atomic mass is 9.95. The third kappa shape index (κ3) is 3.19. The Bertz CT molecular complexity index is 1170. The Hall–Kier alpha value is -2.47. The molecule has 0 spiro atoms. The Labute approximate surface area is 175 Å². The van der Waals surface area contributed by atoms with Crippen LogP contribution >= 0.6 is 11.3 Å². The molecule has 4 aromatic rings. The molecule has 4 aromatic heterocycles. The Kier molecular flexibility index (Phi) is 5.07. The zero-order valence-electron chi connectivity index (χ0n) is 18.3. The van der Waals surface area contributed by atoms with Gasteiger partial charge in [-0.25, -0.2) is 9.50 Å². The van der Waals surface area contributed by atoms with Crippen molar-refractivity contribution < 1.29 is 4.52 Å². The van der Waals surface area contributed by atoms with Crippen LogP contribution in [0.3, 0.4) is 0 Å². The second kappa shape index (κ2) is 7.41. The van der Waals surface area contributed by atoms with Gasteiger partial charge in [-0.3, -0.25) is 0 Å². The molecule has 6 heteroatoms. The third-order valence-corrected chi connectivity index (χ3v) is 7.01. The minimum atomic E-state index is 0.496. The summed E-state index contributed by atoms with van der Waals surface area (Å²) in [5.41, 5.74) is 8.68. The maximum Gasteiger partial charge on any atom is 0.158 e. The molecule has 29 heavy (non-hydrogen) atoms. The molecule has 152 valence electrons. The second-order valence-electron chi connectivity index (χ2n) is 7.86. The van der Waals surface area contributed by atoms with Crippen molar-refractivity contribution in [1.29, 1.82) is 0 Å². The van der Waals surface area contributed by atoms with Gasteiger partial charge in [-0.05, 0) is 71.1 Å². The lowest BCUT2D eigenvalue weighted by Gasteiger charge is -2.14. The first-order chi connectivity index (χ1) is 13.8. The van der Waals surface area contributed by atoms with Gasteiger partial charge in [0.2, 0.25) is 0 Å². The maximum absolute atomic E-state index is 5.39. The number of nitrogens with zero attached hydrogens (tertiary/aromatic N) is 4. The van der Waals surface area contributed by atoms with E-state index in [-0.39, 0.29) is 0 Å². The van der Waals surface area contributed by atoms with Crippen molar-refractivity contribution in [3.63, 3.8) is 0 Å². The Balaban J connectivity index is 1.95. The summed E-state index contributed by atoms with van der Waals surface area (Å²) in [4.78, 5) is 7.36. The molecule has 0 N–H and O–H groups in total. The molecule has 5 nitrogen and oxygen atoms in total. The zero-order valence-corrected chi connectivity index (χ0v) is 19.1. The molecule has 0 unspecified atom stereocenters. The topological polar surface area (TPSA) is 56.2 Å². The lowest BCUT2D eigenvalue weighted by molar-refractivity contribution is 0.393. The number of aryl methyl sites for hydroxylation is 5. The van der Waals surface area contributed by atoms with E-state index in [1.54, 1.807) is 11.3 Å². The molecule has 0 saturated heterocycles. The maximum atomic E-state index is 5.39. The summed E-state index contributed by atoms with van der Waals surface area (Å²) in [5, 5.41) is 8.99. The van der Waals surface area contributed by atoms with Crippen molar-refractivity contribution in [2.24, 2.45) is 0 Å². The molecule has 4 heterocycles. The standard InChI is InChI=1S/C23H28N4OS/c1-8-17(9-2)18-11-13(4)25-27-21(15(6)24-23(18)27)22-12(3)10-19(29-22)20-14(5)26-28-16(20)7/h10-11,17H,8-9H2,1-7H3. The van der Waals surface area contributed by atoms with Gasteiger partial charge >= 0.3 is 0 Å². The highest BCUT2D eigenvalue weighted by Crippen LogP contribution is 2.42. The van der Waals surface area contributed by atoms with Crippen molar-refractivity contribution in [3.05, 3.63) is 46.1 Å². The first-order valence-electron chi connectivity index (χ1n) is 10.3. The van der Waals surface area contributed by atoms with Crippen LogP contribution in [0.5, 0.6) is 0 Å². The summed E-state index contributed by atoms with van der Waals surface area (Å²) in [7, 11) is 0. The van der Waals surface area contributed by atoms with E-state index in [0.717, 1.165) is 52.6 Å². The predicted octanol–water partition coefficient (Wildman–Crippen LogP) is 6.56. The van der Waals surface area contributed by atoms with Crippen LogP contribution in [0.1, 0.15) is 66.6 Å². The van der Waals surface area contributed by atoms with Gasteiger partial charge in [0.15, 0.2) is 5.65 Å². The molecule has 0 radical (unpaired) electrons. The highest BCUT2D eigenvalue weighted by molar-refractivity contribution is 7.19. The monoisotopic (exact) mass is 408 g/mol. The van der Waals surface area contributed by atoms with Gasteiger partial charge in [0.25, 0.3) is 0 Å².